The van der Waals surface area contributed by atoms with E-state index in [2.05, 4.69) is 5.32 Å². The number of likely N-dealkylation sites (tertiary alicyclic amines) is 1. The number of amides is 2. The van der Waals surface area contributed by atoms with Crippen LogP contribution in [0.3, 0.4) is 0 Å². The minimum Gasteiger partial charge on any atom is -0.386 e. The van der Waals surface area contributed by atoms with Crippen LogP contribution in [0, 0.1) is 0 Å². The van der Waals surface area contributed by atoms with Gasteiger partial charge < -0.3 is 15.3 Å². The first kappa shape index (κ1) is 15.5. The molecule has 2 rings (SSSR count). The summed E-state index contributed by atoms with van der Waals surface area (Å²) in [4.78, 5) is 25.8. The molecular weight excluding hydrogens is 268 g/mol. The molecule has 1 saturated heterocycles. The quantitative estimate of drug-likeness (QED) is 0.855. The van der Waals surface area contributed by atoms with E-state index in [-0.39, 0.29) is 11.8 Å². The van der Waals surface area contributed by atoms with Gasteiger partial charge in [0.15, 0.2) is 0 Å². The summed E-state index contributed by atoms with van der Waals surface area (Å²) in [5, 5.41) is 12.8. The lowest BCUT2D eigenvalue weighted by Crippen LogP contribution is -2.66. The zero-order valence-electron chi connectivity index (χ0n) is 12.5. The third-order valence-electron chi connectivity index (χ3n) is 3.75. The molecular formula is C16H22N2O3. The molecule has 1 aliphatic heterocycles. The maximum Gasteiger partial charge on any atom is 0.251 e. The third-order valence-corrected chi connectivity index (χ3v) is 3.75. The molecule has 0 radical (unpaired) electrons. The Kier molecular flexibility index (Phi) is 4.63. The van der Waals surface area contributed by atoms with Gasteiger partial charge in [-0.1, -0.05) is 31.5 Å². The maximum absolute atomic E-state index is 12.2. The summed E-state index contributed by atoms with van der Waals surface area (Å²) in [5.41, 5.74) is -0.212. The van der Waals surface area contributed by atoms with Crippen molar-refractivity contribution in [3.05, 3.63) is 35.9 Å². The summed E-state index contributed by atoms with van der Waals surface area (Å²) >= 11 is 0. The van der Waals surface area contributed by atoms with Gasteiger partial charge in [0.2, 0.25) is 5.91 Å². The minimum absolute atomic E-state index is 0.153. The highest BCUT2D eigenvalue weighted by molar-refractivity contribution is 5.97. The van der Waals surface area contributed by atoms with Crippen molar-refractivity contribution in [2.45, 2.75) is 38.3 Å². The molecule has 0 aliphatic carbocycles. The lowest BCUT2D eigenvalue weighted by atomic mass is 9.89. The second kappa shape index (κ2) is 6.26. The zero-order valence-corrected chi connectivity index (χ0v) is 12.5. The average Bonchev–Trinajstić information content (AvgIpc) is 2.45. The van der Waals surface area contributed by atoms with Crippen LogP contribution < -0.4 is 5.32 Å². The predicted molar refractivity (Wildman–Crippen MR) is 79.8 cm³/mol. The molecule has 0 spiro atoms. The second-order valence-corrected chi connectivity index (χ2v) is 5.73. The molecule has 21 heavy (non-hydrogen) atoms. The van der Waals surface area contributed by atoms with Crippen molar-refractivity contribution in [1.82, 2.24) is 10.2 Å². The van der Waals surface area contributed by atoms with Crippen LogP contribution in [-0.2, 0) is 4.79 Å². The third kappa shape index (κ3) is 3.61. The van der Waals surface area contributed by atoms with Crippen molar-refractivity contribution in [2.75, 3.05) is 13.1 Å². The Morgan fingerprint density at radius 3 is 2.52 bits per heavy atom. The van der Waals surface area contributed by atoms with E-state index < -0.39 is 11.6 Å². The molecule has 0 aromatic heterocycles. The number of hydrogen-bond donors (Lipinski definition) is 2. The zero-order chi connectivity index (χ0) is 15.5. The highest BCUT2D eigenvalue weighted by Crippen LogP contribution is 2.26. The SMILES string of the molecule is CCCC1(O)CN(C(=O)C(C)NC(=O)c2ccccc2)C1. The first-order valence-corrected chi connectivity index (χ1v) is 7.32. The Balaban J connectivity index is 1.86. The molecule has 2 amide bonds. The standard InChI is InChI=1S/C16H22N2O3/c1-3-9-16(21)10-18(11-16)15(20)12(2)17-14(19)13-7-5-4-6-8-13/h4-8,12,21H,3,9-11H2,1-2H3,(H,17,19). The molecule has 5 nitrogen and oxygen atoms in total. The molecule has 1 heterocycles. The molecule has 1 aliphatic rings. The monoisotopic (exact) mass is 290 g/mol. The van der Waals surface area contributed by atoms with Gasteiger partial charge in [0.05, 0.1) is 18.7 Å². The number of benzene rings is 1. The van der Waals surface area contributed by atoms with E-state index >= 15 is 0 Å². The van der Waals surface area contributed by atoms with Crippen LogP contribution >= 0.6 is 0 Å². The molecule has 1 fully saturated rings. The number of aliphatic hydroxyl groups is 1. The maximum atomic E-state index is 12.2. The van der Waals surface area contributed by atoms with Gasteiger partial charge in [-0.25, -0.2) is 0 Å². The van der Waals surface area contributed by atoms with Crippen molar-refractivity contribution < 1.29 is 14.7 Å². The average molecular weight is 290 g/mol. The molecule has 0 saturated carbocycles. The van der Waals surface area contributed by atoms with Crippen molar-refractivity contribution in [1.29, 1.82) is 0 Å². The highest BCUT2D eigenvalue weighted by Gasteiger charge is 2.43. The lowest BCUT2D eigenvalue weighted by molar-refractivity contribution is -0.158. The summed E-state index contributed by atoms with van der Waals surface area (Å²) < 4.78 is 0. The van der Waals surface area contributed by atoms with Gasteiger partial charge >= 0.3 is 0 Å². The fourth-order valence-electron chi connectivity index (χ4n) is 2.65. The van der Waals surface area contributed by atoms with E-state index in [4.69, 9.17) is 0 Å². The number of rotatable bonds is 5. The van der Waals surface area contributed by atoms with Gasteiger partial charge in [0.1, 0.15) is 6.04 Å². The fraction of sp³-hybridized carbons (Fsp3) is 0.500. The van der Waals surface area contributed by atoms with Crippen LogP contribution in [0.25, 0.3) is 0 Å². The lowest BCUT2D eigenvalue weighted by Gasteiger charge is -2.47. The largest absolute Gasteiger partial charge is 0.386 e. The molecule has 114 valence electrons. The van der Waals surface area contributed by atoms with Crippen LogP contribution in [0.5, 0.6) is 0 Å². The van der Waals surface area contributed by atoms with Crippen LogP contribution in [0.4, 0.5) is 0 Å². The van der Waals surface area contributed by atoms with Crippen LogP contribution in [-0.4, -0.2) is 46.6 Å². The fourth-order valence-corrected chi connectivity index (χ4v) is 2.65. The molecule has 1 unspecified atom stereocenters. The van der Waals surface area contributed by atoms with E-state index in [0.29, 0.717) is 25.1 Å². The smallest absolute Gasteiger partial charge is 0.251 e. The molecule has 1 aromatic rings. The van der Waals surface area contributed by atoms with Gasteiger partial charge in [-0.3, -0.25) is 9.59 Å². The molecule has 1 atom stereocenters. The number of nitrogens with zero attached hydrogens (tertiary/aromatic N) is 1. The summed E-state index contributed by atoms with van der Waals surface area (Å²) in [7, 11) is 0. The normalized spacial score (nSPS) is 17.8. The number of nitrogens with one attached hydrogen (secondary N) is 1. The highest BCUT2D eigenvalue weighted by atomic mass is 16.3. The van der Waals surface area contributed by atoms with E-state index in [1.807, 2.05) is 13.0 Å². The van der Waals surface area contributed by atoms with Crippen LogP contribution in [0.15, 0.2) is 30.3 Å². The first-order valence-electron chi connectivity index (χ1n) is 7.32. The molecule has 5 heteroatoms. The summed E-state index contributed by atoms with van der Waals surface area (Å²) in [6.07, 6.45) is 1.58. The summed E-state index contributed by atoms with van der Waals surface area (Å²) in [6.45, 7) is 4.38. The van der Waals surface area contributed by atoms with E-state index in [1.54, 1.807) is 36.1 Å². The van der Waals surface area contributed by atoms with Crippen molar-refractivity contribution in [3.63, 3.8) is 0 Å². The Morgan fingerprint density at radius 2 is 1.95 bits per heavy atom. The van der Waals surface area contributed by atoms with Gasteiger partial charge in [0.25, 0.3) is 5.91 Å². The van der Waals surface area contributed by atoms with E-state index in [1.165, 1.54) is 0 Å². The van der Waals surface area contributed by atoms with Crippen LogP contribution in [0.1, 0.15) is 37.0 Å². The predicted octanol–water partition coefficient (Wildman–Crippen LogP) is 1.18. The van der Waals surface area contributed by atoms with E-state index in [0.717, 1.165) is 6.42 Å². The van der Waals surface area contributed by atoms with Gasteiger partial charge in [-0.05, 0) is 25.5 Å². The van der Waals surface area contributed by atoms with Gasteiger partial charge in [-0.2, -0.15) is 0 Å². The van der Waals surface area contributed by atoms with Crippen molar-refractivity contribution in [3.8, 4) is 0 Å². The summed E-state index contributed by atoms with van der Waals surface area (Å²) in [5.74, 6) is -0.416. The topological polar surface area (TPSA) is 69.6 Å². The number of hydrogen-bond acceptors (Lipinski definition) is 3. The second-order valence-electron chi connectivity index (χ2n) is 5.73. The molecule has 1 aromatic carbocycles. The van der Waals surface area contributed by atoms with Gasteiger partial charge in [0, 0.05) is 5.56 Å². The molecule has 2 N–H and O–H groups in total. The number of carbonyl (C=O) groups is 2. The van der Waals surface area contributed by atoms with Crippen LogP contribution in [0.2, 0.25) is 0 Å². The minimum atomic E-state index is -0.742. The number of carbonyl (C=O) groups excluding carboxylic acids is 2. The Bertz CT molecular complexity index is 510. The van der Waals surface area contributed by atoms with Crippen molar-refractivity contribution >= 4 is 11.8 Å². The molecule has 0 bridgehead atoms. The van der Waals surface area contributed by atoms with Crippen molar-refractivity contribution in [2.24, 2.45) is 0 Å². The number of β-amino-alcohol motifs (C(OH)–C–C–N with tert-alkyl or cyclic N) is 1. The first-order chi connectivity index (χ1) is 9.95. The Morgan fingerprint density at radius 1 is 1.33 bits per heavy atom. The summed E-state index contributed by atoms with van der Waals surface area (Å²) in [6, 6.07) is 8.21. The Labute approximate surface area is 125 Å². The van der Waals surface area contributed by atoms with E-state index in [9.17, 15) is 14.7 Å². The van der Waals surface area contributed by atoms with Gasteiger partial charge in [-0.15, -0.1) is 0 Å². The Hall–Kier alpha value is -1.88.